The Labute approximate surface area is 239 Å². The lowest BCUT2D eigenvalue weighted by atomic mass is 10.0. The number of hydrogen-bond donors (Lipinski definition) is 2. The highest BCUT2D eigenvalue weighted by Crippen LogP contribution is 2.39. The highest BCUT2D eigenvalue weighted by molar-refractivity contribution is 7.90. The van der Waals surface area contributed by atoms with E-state index < -0.39 is 39.2 Å². The average molecular weight is 593 g/mol. The SMILES string of the molecule is Cc1ccc(S(=O)(=O)n2ccc3c(-c4cc(NC(=O)[C@H](C)N)ccc4Oc4ccc(F)cc4F)cn(C)c(=O)c32)cc1. The molecule has 2 heterocycles. The Morgan fingerprint density at radius 1 is 0.976 bits per heavy atom. The van der Waals surface area contributed by atoms with Crippen molar-refractivity contribution in [3.8, 4) is 22.6 Å². The molecule has 42 heavy (non-hydrogen) atoms. The molecule has 3 aromatic carbocycles. The van der Waals surface area contributed by atoms with Crippen LogP contribution in [-0.4, -0.2) is 28.9 Å². The predicted molar refractivity (Wildman–Crippen MR) is 155 cm³/mol. The minimum absolute atomic E-state index is 0.00511. The molecule has 3 N–H and O–H groups in total. The first kappa shape index (κ1) is 28.7. The van der Waals surface area contributed by atoms with Crippen molar-refractivity contribution in [2.24, 2.45) is 12.8 Å². The summed E-state index contributed by atoms with van der Waals surface area (Å²) in [7, 11) is -2.70. The van der Waals surface area contributed by atoms with Crippen molar-refractivity contribution in [2.45, 2.75) is 24.8 Å². The summed E-state index contributed by atoms with van der Waals surface area (Å²) < 4.78 is 63.3. The van der Waals surface area contributed by atoms with Gasteiger partial charge in [0.25, 0.3) is 15.6 Å². The van der Waals surface area contributed by atoms with Crippen molar-refractivity contribution in [3.63, 3.8) is 0 Å². The van der Waals surface area contributed by atoms with Gasteiger partial charge in [-0.25, -0.2) is 21.2 Å². The summed E-state index contributed by atoms with van der Waals surface area (Å²) in [5.41, 5.74) is 6.80. The Hall–Kier alpha value is -4.81. The molecule has 0 aliphatic rings. The van der Waals surface area contributed by atoms with Gasteiger partial charge in [0, 0.05) is 47.7 Å². The third-order valence-corrected chi connectivity index (χ3v) is 8.32. The van der Waals surface area contributed by atoms with E-state index >= 15 is 0 Å². The van der Waals surface area contributed by atoms with Crippen molar-refractivity contribution in [1.29, 1.82) is 0 Å². The highest BCUT2D eigenvalue weighted by atomic mass is 32.2. The second-order valence-electron chi connectivity index (χ2n) is 9.82. The summed E-state index contributed by atoms with van der Waals surface area (Å²) in [6.45, 7) is 3.34. The fourth-order valence-corrected chi connectivity index (χ4v) is 5.75. The normalized spacial score (nSPS) is 12.3. The van der Waals surface area contributed by atoms with Gasteiger partial charge in [0.15, 0.2) is 11.6 Å². The Kier molecular flexibility index (Phi) is 7.43. The van der Waals surface area contributed by atoms with E-state index in [9.17, 15) is 26.8 Å². The van der Waals surface area contributed by atoms with Crippen LogP contribution in [0.5, 0.6) is 11.5 Å². The Bertz CT molecular complexity index is 2020. The van der Waals surface area contributed by atoms with Crippen molar-refractivity contribution in [1.82, 2.24) is 8.54 Å². The summed E-state index contributed by atoms with van der Waals surface area (Å²) in [6, 6.07) is 14.2. The number of ether oxygens (including phenoxy) is 1. The molecule has 12 heteroatoms. The number of carbonyl (C=O) groups excluding carboxylic acids is 1. The molecule has 0 aliphatic heterocycles. The predicted octanol–water partition coefficient (Wildman–Crippen LogP) is 4.91. The van der Waals surface area contributed by atoms with Gasteiger partial charge >= 0.3 is 0 Å². The maximum atomic E-state index is 14.5. The van der Waals surface area contributed by atoms with Gasteiger partial charge in [-0.3, -0.25) is 9.59 Å². The van der Waals surface area contributed by atoms with Crippen LogP contribution in [-0.2, 0) is 21.9 Å². The van der Waals surface area contributed by atoms with Crippen LogP contribution in [0, 0.1) is 18.6 Å². The third kappa shape index (κ3) is 5.29. The zero-order valence-electron chi connectivity index (χ0n) is 22.8. The molecule has 0 unspecified atom stereocenters. The van der Waals surface area contributed by atoms with Crippen LogP contribution in [0.3, 0.4) is 0 Å². The fourth-order valence-electron chi connectivity index (χ4n) is 4.41. The van der Waals surface area contributed by atoms with E-state index in [-0.39, 0.29) is 32.9 Å². The molecule has 9 nitrogen and oxygen atoms in total. The summed E-state index contributed by atoms with van der Waals surface area (Å²) in [6.07, 6.45) is 2.76. The van der Waals surface area contributed by atoms with Gasteiger partial charge in [-0.1, -0.05) is 17.7 Å². The topological polar surface area (TPSA) is 125 Å². The Morgan fingerprint density at radius 2 is 1.67 bits per heavy atom. The fraction of sp³-hybridized carbons (Fsp3) is 0.133. The minimum Gasteiger partial charge on any atom is -0.454 e. The van der Waals surface area contributed by atoms with E-state index in [0.717, 1.165) is 21.7 Å². The number of hydrogen-bond acceptors (Lipinski definition) is 6. The Morgan fingerprint density at radius 3 is 2.33 bits per heavy atom. The lowest BCUT2D eigenvalue weighted by molar-refractivity contribution is -0.117. The van der Waals surface area contributed by atoms with Gasteiger partial charge < -0.3 is 20.4 Å². The van der Waals surface area contributed by atoms with Crippen molar-refractivity contribution in [3.05, 3.63) is 107 Å². The number of halogens is 2. The molecule has 1 atom stereocenters. The van der Waals surface area contributed by atoms with Crippen molar-refractivity contribution in [2.75, 3.05) is 5.32 Å². The van der Waals surface area contributed by atoms with Gasteiger partial charge in [0.2, 0.25) is 5.91 Å². The molecular weight excluding hydrogens is 566 g/mol. The summed E-state index contributed by atoms with van der Waals surface area (Å²) in [5.74, 6) is -2.39. The maximum absolute atomic E-state index is 14.5. The number of nitrogens with two attached hydrogens (primary N) is 1. The standard InChI is InChI=1S/C30H26F2N4O5S/c1-17-4-8-21(9-5-17)42(39,40)36-13-12-22-24(16-35(3)30(38)28(22)36)23-15-20(34-29(37)18(2)33)7-11-26(23)41-27-10-6-19(31)14-25(27)32/h4-16,18H,33H2,1-3H3,(H,34,37)/t18-/m0/s1. The molecule has 0 saturated carbocycles. The van der Waals surface area contributed by atoms with E-state index in [1.54, 1.807) is 12.1 Å². The molecule has 0 aliphatic carbocycles. The zero-order valence-corrected chi connectivity index (χ0v) is 23.6. The molecule has 5 aromatic rings. The number of aromatic nitrogens is 2. The second-order valence-corrected chi connectivity index (χ2v) is 11.6. The highest BCUT2D eigenvalue weighted by Gasteiger charge is 2.24. The van der Waals surface area contributed by atoms with E-state index in [2.05, 4.69) is 5.32 Å². The number of anilines is 1. The first-order valence-electron chi connectivity index (χ1n) is 12.7. The summed E-state index contributed by atoms with van der Waals surface area (Å²) in [4.78, 5) is 25.7. The van der Waals surface area contributed by atoms with Gasteiger partial charge in [-0.2, -0.15) is 0 Å². The summed E-state index contributed by atoms with van der Waals surface area (Å²) in [5, 5.41) is 2.94. The van der Waals surface area contributed by atoms with Crippen molar-refractivity contribution < 1.29 is 26.7 Å². The first-order valence-corrected chi connectivity index (χ1v) is 14.2. The Balaban J connectivity index is 1.74. The average Bonchev–Trinajstić information content (AvgIpc) is 3.40. The largest absolute Gasteiger partial charge is 0.454 e. The zero-order chi connectivity index (χ0) is 30.3. The van der Waals surface area contributed by atoms with Gasteiger partial charge in [0.1, 0.15) is 17.1 Å². The van der Waals surface area contributed by atoms with Crippen LogP contribution in [0.1, 0.15) is 12.5 Å². The number of amides is 1. The van der Waals surface area contributed by atoms with E-state index in [4.69, 9.17) is 10.5 Å². The number of benzene rings is 3. The monoisotopic (exact) mass is 592 g/mol. The number of carbonyl (C=O) groups is 1. The summed E-state index contributed by atoms with van der Waals surface area (Å²) >= 11 is 0. The van der Waals surface area contributed by atoms with E-state index in [1.165, 1.54) is 67.3 Å². The van der Waals surface area contributed by atoms with Crippen molar-refractivity contribution >= 4 is 32.5 Å². The van der Waals surface area contributed by atoms with Crippen LogP contribution in [0.2, 0.25) is 0 Å². The van der Waals surface area contributed by atoms with Crippen LogP contribution in [0.25, 0.3) is 22.0 Å². The van der Waals surface area contributed by atoms with Gasteiger partial charge in [-0.05, 0) is 62.4 Å². The molecule has 1 amide bonds. The number of fused-ring (bicyclic) bond motifs is 1. The molecule has 216 valence electrons. The van der Waals surface area contributed by atoms with Crippen LogP contribution >= 0.6 is 0 Å². The number of pyridine rings is 1. The molecule has 0 fully saturated rings. The smallest absolute Gasteiger partial charge is 0.275 e. The third-order valence-electron chi connectivity index (χ3n) is 6.63. The molecule has 5 rings (SSSR count). The van der Waals surface area contributed by atoms with Crippen LogP contribution < -0.4 is 21.3 Å². The van der Waals surface area contributed by atoms with Crippen LogP contribution in [0.4, 0.5) is 14.5 Å². The molecule has 0 radical (unpaired) electrons. The molecular formula is C30H26F2N4O5S. The minimum atomic E-state index is -4.16. The number of nitrogens with zero attached hydrogens (tertiary/aromatic N) is 2. The molecule has 0 bridgehead atoms. The lowest BCUT2D eigenvalue weighted by Gasteiger charge is -2.17. The quantitative estimate of drug-likeness (QED) is 0.277. The molecule has 0 spiro atoms. The second kappa shape index (κ2) is 10.9. The van der Waals surface area contributed by atoms with Gasteiger partial charge in [-0.15, -0.1) is 0 Å². The van der Waals surface area contributed by atoms with E-state index in [1.807, 2.05) is 6.92 Å². The molecule has 2 aromatic heterocycles. The van der Waals surface area contributed by atoms with Gasteiger partial charge in [0.05, 0.1) is 10.9 Å². The lowest BCUT2D eigenvalue weighted by Crippen LogP contribution is -2.32. The van der Waals surface area contributed by atoms with Crippen LogP contribution in [0.15, 0.2) is 88.8 Å². The number of nitrogens with one attached hydrogen (secondary N) is 1. The maximum Gasteiger partial charge on any atom is 0.275 e. The number of rotatable bonds is 7. The first-order chi connectivity index (χ1) is 19.9. The molecule has 0 saturated heterocycles. The van der Waals surface area contributed by atoms with E-state index in [0.29, 0.717) is 17.3 Å². The number of aryl methyl sites for hydroxylation is 2.